The van der Waals surface area contributed by atoms with E-state index in [-0.39, 0.29) is 30.1 Å². The molecule has 3 N–H and O–H groups in total. The molecular formula is C22H26N4O4. The Hall–Kier alpha value is -3.42. The lowest BCUT2D eigenvalue weighted by Crippen LogP contribution is -2.41. The van der Waals surface area contributed by atoms with Gasteiger partial charge in [0.05, 0.1) is 17.8 Å². The molecule has 8 nitrogen and oxygen atoms in total. The molecule has 1 saturated heterocycles. The molecule has 8 heteroatoms. The Morgan fingerprint density at radius 2 is 1.97 bits per heavy atom. The van der Waals surface area contributed by atoms with Gasteiger partial charge in [-0.3, -0.25) is 14.4 Å². The molecule has 1 unspecified atom stereocenters. The summed E-state index contributed by atoms with van der Waals surface area (Å²) in [7, 11) is 0. The summed E-state index contributed by atoms with van der Waals surface area (Å²) in [4.78, 5) is 41.6. The summed E-state index contributed by atoms with van der Waals surface area (Å²) in [6.45, 7) is 3.03. The van der Waals surface area contributed by atoms with E-state index < -0.39 is 0 Å². The van der Waals surface area contributed by atoms with Gasteiger partial charge in [0.1, 0.15) is 11.6 Å². The van der Waals surface area contributed by atoms with Crippen molar-refractivity contribution in [3.8, 4) is 5.75 Å². The highest BCUT2D eigenvalue weighted by atomic mass is 16.5. The van der Waals surface area contributed by atoms with E-state index in [0.717, 1.165) is 25.2 Å². The maximum Gasteiger partial charge on any atom is 0.262 e. The van der Waals surface area contributed by atoms with Gasteiger partial charge in [-0.15, -0.1) is 0 Å². The molecule has 1 aromatic heterocycles. The van der Waals surface area contributed by atoms with E-state index in [1.807, 2.05) is 17.9 Å². The number of nitrogens with zero attached hydrogens (tertiary/aromatic N) is 2. The molecule has 2 aromatic rings. The van der Waals surface area contributed by atoms with Crippen LogP contribution in [0.3, 0.4) is 0 Å². The standard InChI is InChI=1S/C22H26N4O4/c1-2-19(27)15-5-8-18(9-6-15)30-14-21(28)25-17-7-10-20(24-12-17)26-11-3-4-16(13-26)22(23)29/h5-10,12,16H,2-4,11,13-14H2,1H3,(H2,23,29)(H,25,28). The Balaban J connectivity index is 1.49. The van der Waals surface area contributed by atoms with Crippen LogP contribution in [0.25, 0.3) is 0 Å². The highest BCUT2D eigenvalue weighted by Gasteiger charge is 2.24. The van der Waals surface area contributed by atoms with Gasteiger partial charge in [-0.1, -0.05) is 6.92 Å². The van der Waals surface area contributed by atoms with Gasteiger partial charge in [0.25, 0.3) is 5.91 Å². The molecule has 0 spiro atoms. The van der Waals surface area contributed by atoms with Crippen molar-refractivity contribution in [2.75, 3.05) is 29.9 Å². The summed E-state index contributed by atoms with van der Waals surface area (Å²) in [5.74, 6) is 0.564. The number of hydrogen-bond acceptors (Lipinski definition) is 6. The van der Waals surface area contributed by atoms with Crippen LogP contribution in [0.1, 0.15) is 36.5 Å². The van der Waals surface area contributed by atoms with Crippen molar-refractivity contribution in [1.82, 2.24) is 4.98 Å². The Morgan fingerprint density at radius 3 is 2.60 bits per heavy atom. The molecule has 1 atom stereocenters. The van der Waals surface area contributed by atoms with Gasteiger partial charge in [0.2, 0.25) is 5.91 Å². The van der Waals surface area contributed by atoms with Crippen molar-refractivity contribution >= 4 is 29.1 Å². The number of piperidine rings is 1. The number of ether oxygens (including phenoxy) is 1. The quantitative estimate of drug-likeness (QED) is 0.646. The molecule has 0 bridgehead atoms. The van der Waals surface area contributed by atoms with Gasteiger partial charge in [0, 0.05) is 25.1 Å². The SMILES string of the molecule is CCC(=O)c1ccc(OCC(=O)Nc2ccc(N3CCCC(C(N)=O)C3)nc2)cc1. The normalized spacial score (nSPS) is 16.0. The summed E-state index contributed by atoms with van der Waals surface area (Å²) < 4.78 is 5.47. The minimum absolute atomic E-state index is 0.0601. The monoisotopic (exact) mass is 410 g/mol. The van der Waals surface area contributed by atoms with Crippen LogP contribution in [0.5, 0.6) is 5.75 Å². The fourth-order valence-electron chi connectivity index (χ4n) is 3.35. The zero-order chi connectivity index (χ0) is 21.5. The average Bonchev–Trinajstić information content (AvgIpc) is 2.78. The molecule has 1 aromatic carbocycles. The molecular weight excluding hydrogens is 384 g/mol. The molecule has 1 aliphatic rings. The predicted octanol–water partition coefficient (Wildman–Crippen LogP) is 2.39. The van der Waals surface area contributed by atoms with Crippen molar-refractivity contribution in [3.05, 3.63) is 48.2 Å². The minimum Gasteiger partial charge on any atom is -0.484 e. The molecule has 1 aliphatic heterocycles. The van der Waals surface area contributed by atoms with Crippen LogP contribution < -0.4 is 20.7 Å². The molecule has 0 saturated carbocycles. The lowest BCUT2D eigenvalue weighted by atomic mass is 9.97. The first-order valence-electron chi connectivity index (χ1n) is 10.0. The second kappa shape index (κ2) is 9.87. The number of pyridine rings is 1. The van der Waals surface area contributed by atoms with E-state index in [1.165, 1.54) is 0 Å². The summed E-state index contributed by atoms with van der Waals surface area (Å²) in [6, 6.07) is 10.3. The maximum atomic E-state index is 12.1. The highest BCUT2D eigenvalue weighted by Crippen LogP contribution is 2.22. The summed E-state index contributed by atoms with van der Waals surface area (Å²) in [6.07, 6.45) is 3.71. The lowest BCUT2D eigenvalue weighted by Gasteiger charge is -2.32. The van der Waals surface area contributed by atoms with Gasteiger partial charge >= 0.3 is 0 Å². The number of carbonyl (C=O) groups excluding carboxylic acids is 3. The molecule has 0 aliphatic carbocycles. The van der Waals surface area contributed by atoms with E-state index in [2.05, 4.69) is 10.3 Å². The largest absolute Gasteiger partial charge is 0.484 e. The Kier molecular flexibility index (Phi) is 7.00. The van der Waals surface area contributed by atoms with Crippen molar-refractivity contribution in [2.24, 2.45) is 11.7 Å². The van der Waals surface area contributed by atoms with Gasteiger partial charge in [0.15, 0.2) is 12.4 Å². The van der Waals surface area contributed by atoms with E-state index in [0.29, 0.717) is 30.0 Å². The molecule has 3 rings (SSSR count). The third kappa shape index (κ3) is 5.56. The first kappa shape index (κ1) is 21.3. The van der Waals surface area contributed by atoms with E-state index in [9.17, 15) is 14.4 Å². The smallest absolute Gasteiger partial charge is 0.262 e. The number of benzene rings is 1. The van der Waals surface area contributed by atoms with Crippen LogP contribution in [0.15, 0.2) is 42.6 Å². The number of ketones is 1. The molecule has 2 heterocycles. The van der Waals surface area contributed by atoms with Gasteiger partial charge in [-0.05, 0) is 49.2 Å². The van der Waals surface area contributed by atoms with Gasteiger partial charge in [-0.2, -0.15) is 0 Å². The van der Waals surface area contributed by atoms with Crippen molar-refractivity contribution in [3.63, 3.8) is 0 Å². The van der Waals surface area contributed by atoms with Crippen LogP contribution in [0.4, 0.5) is 11.5 Å². The lowest BCUT2D eigenvalue weighted by molar-refractivity contribution is -0.122. The number of rotatable bonds is 8. The number of nitrogens with two attached hydrogens (primary N) is 1. The number of carbonyl (C=O) groups is 3. The van der Waals surface area contributed by atoms with Crippen LogP contribution in [-0.4, -0.2) is 42.3 Å². The topological polar surface area (TPSA) is 115 Å². The summed E-state index contributed by atoms with van der Waals surface area (Å²) >= 11 is 0. The van der Waals surface area contributed by atoms with E-state index in [4.69, 9.17) is 10.5 Å². The van der Waals surface area contributed by atoms with E-state index >= 15 is 0 Å². The molecule has 1 fully saturated rings. The Labute approximate surface area is 175 Å². The Morgan fingerprint density at radius 1 is 1.20 bits per heavy atom. The van der Waals surface area contributed by atoms with Crippen LogP contribution in [-0.2, 0) is 9.59 Å². The van der Waals surface area contributed by atoms with Crippen LogP contribution in [0.2, 0.25) is 0 Å². The third-order valence-corrected chi connectivity index (χ3v) is 5.05. The molecule has 2 amide bonds. The first-order valence-corrected chi connectivity index (χ1v) is 10.0. The second-order valence-electron chi connectivity index (χ2n) is 7.23. The fourth-order valence-corrected chi connectivity index (χ4v) is 3.35. The van der Waals surface area contributed by atoms with Crippen molar-refractivity contribution in [2.45, 2.75) is 26.2 Å². The average molecular weight is 410 g/mol. The van der Waals surface area contributed by atoms with Crippen LogP contribution >= 0.6 is 0 Å². The van der Waals surface area contributed by atoms with Gasteiger partial charge < -0.3 is 20.7 Å². The number of anilines is 2. The molecule has 30 heavy (non-hydrogen) atoms. The summed E-state index contributed by atoms with van der Waals surface area (Å²) in [5.41, 5.74) is 6.60. The van der Waals surface area contributed by atoms with Crippen molar-refractivity contribution < 1.29 is 19.1 Å². The number of Topliss-reactive ketones (excluding diaryl/α,β-unsaturated/α-hetero) is 1. The zero-order valence-corrected chi connectivity index (χ0v) is 17.0. The summed E-state index contributed by atoms with van der Waals surface area (Å²) in [5, 5.41) is 2.73. The highest BCUT2D eigenvalue weighted by molar-refractivity contribution is 5.96. The van der Waals surface area contributed by atoms with Gasteiger partial charge in [-0.25, -0.2) is 4.98 Å². The molecule has 158 valence electrons. The number of amides is 2. The first-order chi connectivity index (χ1) is 14.5. The fraction of sp³-hybridized carbons (Fsp3) is 0.364. The third-order valence-electron chi connectivity index (χ3n) is 5.05. The van der Waals surface area contributed by atoms with Crippen molar-refractivity contribution in [1.29, 1.82) is 0 Å². The number of hydrogen-bond donors (Lipinski definition) is 2. The molecule has 0 radical (unpaired) electrons. The second-order valence-corrected chi connectivity index (χ2v) is 7.23. The number of primary amides is 1. The number of aromatic nitrogens is 1. The minimum atomic E-state index is -0.315. The predicted molar refractivity (Wildman–Crippen MR) is 114 cm³/mol. The maximum absolute atomic E-state index is 12.1. The zero-order valence-electron chi connectivity index (χ0n) is 17.0. The van der Waals surface area contributed by atoms with Crippen LogP contribution in [0, 0.1) is 5.92 Å². The van der Waals surface area contributed by atoms with E-state index in [1.54, 1.807) is 36.5 Å². The Bertz CT molecular complexity index is 896. The number of nitrogens with one attached hydrogen (secondary N) is 1.